The average molecular weight is 224 g/mol. The molecule has 0 spiro atoms. The first-order chi connectivity index (χ1) is 7.48. The molecule has 0 N–H and O–H groups in total. The molecule has 0 unspecified atom stereocenters. The third-order valence-corrected chi connectivity index (χ3v) is 2.37. The standard InChI is InChI=1S/C11H16N2O3/c1-4-16-10(15)11(2,3)9(14)7-13-6-5-12-8-13/h5-6,8H,4,7H2,1-3H3. The fourth-order valence-corrected chi connectivity index (χ4v) is 1.17. The summed E-state index contributed by atoms with van der Waals surface area (Å²) in [7, 11) is 0. The fraction of sp³-hybridized carbons (Fsp3) is 0.545. The maximum atomic E-state index is 11.9. The van der Waals surface area contributed by atoms with Crippen LogP contribution in [-0.4, -0.2) is 27.9 Å². The number of ketones is 1. The maximum Gasteiger partial charge on any atom is 0.319 e. The molecule has 16 heavy (non-hydrogen) atoms. The van der Waals surface area contributed by atoms with Gasteiger partial charge >= 0.3 is 5.97 Å². The van der Waals surface area contributed by atoms with Crippen LogP contribution in [0.3, 0.4) is 0 Å². The molecule has 1 aromatic heterocycles. The van der Waals surface area contributed by atoms with Gasteiger partial charge in [-0.1, -0.05) is 0 Å². The van der Waals surface area contributed by atoms with Gasteiger partial charge in [-0.05, 0) is 20.8 Å². The van der Waals surface area contributed by atoms with E-state index in [1.54, 1.807) is 44.1 Å². The minimum atomic E-state index is -1.11. The molecule has 0 saturated heterocycles. The first-order valence-corrected chi connectivity index (χ1v) is 5.14. The molecule has 0 radical (unpaired) electrons. The van der Waals surface area contributed by atoms with E-state index in [1.807, 2.05) is 0 Å². The van der Waals surface area contributed by atoms with Crippen LogP contribution in [0.5, 0.6) is 0 Å². The molecule has 0 aromatic carbocycles. The zero-order chi connectivity index (χ0) is 12.2. The summed E-state index contributed by atoms with van der Waals surface area (Å²) in [6, 6.07) is 0. The van der Waals surface area contributed by atoms with Crippen molar-refractivity contribution in [2.45, 2.75) is 27.3 Å². The highest BCUT2D eigenvalue weighted by molar-refractivity contribution is 6.02. The van der Waals surface area contributed by atoms with E-state index >= 15 is 0 Å². The van der Waals surface area contributed by atoms with Gasteiger partial charge in [0, 0.05) is 12.4 Å². The Labute approximate surface area is 94.4 Å². The second kappa shape index (κ2) is 4.92. The summed E-state index contributed by atoms with van der Waals surface area (Å²) in [5.74, 6) is -0.677. The Morgan fingerprint density at radius 2 is 2.12 bits per heavy atom. The van der Waals surface area contributed by atoms with E-state index in [1.165, 1.54) is 0 Å². The highest BCUT2D eigenvalue weighted by atomic mass is 16.5. The lowest BCUT2D eigenvalue weighted by molar-refractivity contribution is -0.158. The predicted octanol–water partition coefficient (Wildman–Crippen LogP) is 1.04. The third kappa shape index (κ3) is 2.68. The van der Waals surface area contributed by atoms with E-state index in [9.17, 15) is 9.59 Å². The van der Waals surface area contributed by atoms with Crippen LogP contribution in [0.2, 0.25) is 0 Å². The van der Waals surface area contributed by atoms with Crippen molar-refractivity contribution in [3.63, 3.8) is 0 Å². The fourth-order valence-electron chi connectivity index (χ4n) is 1.17. The van der Waals surface area contributed by atoms with Gasteiger partial charge in [0.15, 0.2) is 5.78 Å². The van der Waals surface area contributed by atoms with Crippen molar-refractivity contribution in [2.75, 3.05) is 6.61 Å². The quantitative estimate of drug-likeness (QED) is 0.554. The molecule has 5 heteroatoms. The molecule has 0 amide bonds. The summed E-state index contributed by atoms with van der Waals surface area (Å²) < 4.78 is 6.49. The summed E-state index contributed by atoms with van der Waals surface area (Å²) in [5.41, 5.74) is -1.11. The summed E-state index contributed by atoms with van der Waals surface area (Å²) in [4.78, 5) is 27.3. The summed E-state index contributed by atoms with van der Waals surface area (Å²) in [5, 5.41) is 0. The number of Topliss-reactive ketones (excluding diaryl/α,β-unsaturated/α-hetero) is 1. The number of aromatic nitrogens is 2. The van der Waals surface area contributed by atoms with E-state index < -0.39 is 11.4 Å². The number of rotatable bonds is 5. The predicted molar refractivity (Wildman–Crippen MR) is 57.6 cm³/mol. The van der Waals surface area contributed by atoms with Crippen molar-refractivity contribution in [3.8, 4) is 0 Å². The lowest BCUT2D eigenvalue weighted by Gasteiger charge is -2.20. The van der Waals surface area contributed by atoms with Crippen LogP contribution >= 0.6 is 0 Å². The van der Waals surface area contributed by atoms with Crippen LogP contribution in [0.4, 0.5) is 0 Å². The van der Waals surface area contributed by atoms with Gasteiger partial charge in [0.25, 0.3) is 0 Å². The second-order valence-electron chi connectivity index (χ2n) is 4.00. The molecule has 0 saturated carbocycles. The Bertz CT molecular complexity index is 369. The van der Waals surface area contributed by atoms with Gasteiger partial charge in [-0.3, -0.25) is 9.59 Å². The molecule has 5 nitrogen and oxygen atoms in total. The lowest BCUT2D eigenvalue weighted by atomic mass is 9.88. The van der Waals surface area contributed by atoms with Gasteiger partial charge in [-0.25, -0.2) is 4.98 Å². The molecular formula is C11H16N2O3. The molecule has 0 aliphatic heterocycles. The SMILES string of the molecule is CCOC(=O)C(C)(C)C(=O)Cn1ccnc1. The number of ether oxygens (including phenoxy) is 1. The molecular weight excluding hydrogens is 208 g/mol. The number of hydrogen-bond acceptors (Lipinski definition) is 4. The molecule has 0 atom stereocenters. The van der Waals surface area contributed by atoms with Gasteiger partial charge in [-0.2, -0.15) is 0 Å². The Balaban J connectivity index is 2.68. The summed E-state index contributed by atoms with van der Waals surface area (Å²) in [6.07, 6.45) is 4.81. The van der Waals surface area contributed by atoms with E-state index in [0.29, 0.717) is 0 Å². The van der Waals surface area contributed by atoms with Crippen LogP contribution in [0.25, 0.3) is 0 Å². The van der Waals surface area contributed by atoms with Crippen molar-refractivity contribution in [1.82, 2.24) is 9.55 Å². The van der Waals surface area contributed by atoms with Gasteiger partial charge in [0.05, 0.1) is 19.5 Å². The Morgan fingerprint density at radius 3 is 2.62 bits per heavy atom. The normalized spacial score (nSPS) is 11.2. The molecule has 0 fully saturated rings. The highest BCUT2D eigenvalue weighted by Crippen LogP contribution is 2.19. The topological polar surface area (TPSA) is 61.2 Å². The van der Waals surface area contributed by atoms with Gasteiger partial charge in [-0.15, -0.1) is 0 Å². The van der Waals surface area contributed by atoms with Crippen molar-refractivity contribution < 1.29 is 14.3 Å². The number of esters is 1. The molecule has 1 heterocycles. The Hall–Kier alpha value is -1.65. The third-order valence-electron chi connectivity index (χ3n) is 2.37. The first-order valence-electron chi connectivity index (χ1n) is 5.14. The number of imidazole rings is 1. The molecule has 1 rings (SSSR count). The van der Waals surface area contributed by atoms with Crippen molar-refractivity contribution in [3.05, 3.63) is 18.7 Å². The van der Waals surface area contributed by atoms with Crippen LogP contribution in [0.1, 0.15) is 20.8 Å². The zero-order valence-corrected chi connectivity index (χ0v) is 9.77. The monoisotopic (exact) mass is 224 g/mol. The Kier molecular flexibility index (Phi) is 3.82. The van der Waals surface area contributed by atoms with Gasteiger partial charge in [0.1, 0.15) is 5.41 Å². The van der Waals surface area contributed by atoms with Crippen molar-refractivity contribution in [1.29, 1.82) is 0 Å². The number of carbonyl (C=O) groups is 2. The van der Waals surface area contributed by atoms with Crippen LogP contribution in [0.15, 0.2) is 18.7 Å². The van der Waals surface area contributed by atoms with Crippen LogP contribution < -0.4 is 0 Å². The van der Waals surface area contributed by atoms with Crippen LogP contribution in [-0.2, 0) is 20.9 Å². The minimum Gasteiger partial charge on any atom is -0.465 e. The van der Waals surface area contributed by atoms with Gasteiger partial charge in [0.2, 0.25) is 0 Å². The smallest absolute Gasteiger partial charge is 0.319 e. The first kappa shape index (κ1) is 12.4. The largest absolute Gasteiger partial charge is 0.465 e. The molecule has 1 aromatic rings. The molecule has 0 bridgehead atoms. The number of hydrogen-bond donors (Lipinski definition) is 0. The zero-order valence-electron chi connectivity index (χ0n) is 9.77. The number of carbonyl (C=O) groups excluding carboxylic acids is 2. The molecule has 0 aliphatic rings. The van der Waals surface area contributed by atoms with E-state index in [-0.39, 0.29) is 18.9 Å². The van der Waals surface area contributed by atoms with E-state index in [0.717, 1.165) is 0 Å². The van der Waals surface area contributed by atoms with E-state index in [4.69, 9.17) is 4.74 Å². The number of nitrogens with zero attached hydrogens (tertiary/aromatic N) is 2. The second-order valence-corrected chi connectivity index (χ2v) is 4.00. The van der Waals surface area contributed by atoms with Gasteiger partial charge < -0.3 is 9.30 Å². The summed E-state index contributed by atoms with van der Waals surface area (Å²) >= 11 is 0. The maximum absolute atomic E-state index is 11.9. The average Bonchev–Trinajstić information content (AvgIpc) is 2.70. The van der Waals surface area contributed by atoms with Crippen molar-refractivity contribution >= 4 is 11.8 Å². The van der Waals surface area contributed by atoms with E-state index in [2.05, 4.69) is 4.98 Å². The van der Waals surface area contributed by atoms with Crippen molar-refractivity contribution in [2.24, 2.45) is 5.41 Å². The molecule has 88 valence electrons. The van der Waals surface area contributed by atoms with Crippen LogP contribution in [0, 0.1) is 5.41 Å². The minimum absolute atomic E-state index is 0.131. The highest BCUT2D eigenvalue weighted by Gasteiger charge is 2.37. The molecule has 0 aliphatic carbocycles. The Morgan fingerprint density at radius 1 is 1.44 bits per heavy atom. The summed E-state index contributed by atoms with van der Waals surface area (Å²) in [6.45, 7) is 5.27. The lowest BCUT2D eigenvalue weighted by Crippen LogP contribution is -2.37.